The van der Waals surface area contributed by atoms with E-state index in [1.165, 1.54) is 6.07 Å². The van der Waals surface area contributed by atoms with E-state index >= 15 is 0 Å². The SMILES string of the molecule is CC(C)CC(NC(=O)Cn1c(=O)[nH]c2ccccc2c1=O)C(=O)NC(C(=O)O)C(C)C. The van der Waals surface area contributed by atoms with Crippen LogP contribution in [0, 0.1) is 11.8 Å². The van der Waals surface area contributed by atoms with Crippen molar-refractivity contribution >= 4 is 28.7 Å². The quantitative estimate of drug-likeness (QED) is 0.452. The fraction of sp³-hybridized carbons (Fsp3) is 0.476. The molecule has 10 nitrogen and oxygen atoms in total. The molecular formula is C21H28N4O6. The zero-order chi connectivity index (χ0) is 23.3. The molecule has 2 rings (SSSR count). The second kappa shape index (κ2) is 10.1. The molecular weight excluding hydrogens is 404 g/mol. The maximum atomic E-state index is 12.7. The van der Waals surface area contributed by atoms with Gasteiger partial charge >= 0.3 is 11.7 Å². The van der Waals surface area contributed by atoms with Gasteiger partial charge in [0.15, 0.2) is 0 Å². The second-order valence-electron chi connectivity index (χ2n) is 8.19. The lowest BCUT2D eigenvalue weighted by Gasteiger charge is -2.24. The number of nitrogens with zero attached hydrogens (tertiary/aromatic N) is 1. The molecule has 2 atom stereocenters. The molecule has 4 N–H and O–H groups in total. The number of aromatic amines is 1. The van der Waals surface area contributed by atoms with Crippen LogP contribution in [0.15, 0.2) is 33.9 Å². The molecule has 1 aromatic heterocycles. The van der Waals surface area contributed by atoms with Gasteiger partial charge in [-0.3, -0.25) is 19.0 Å². The van der Waals surface area contributed by atoms with Crippen LogP contribution in [0.1, 0.15) is 34.1 Å². The molecule has 0 aliphatic carbocycles. The molecule has 1 aromatic carbocycles. The Labute approximate surface area is 178 Å². The smallest absolute Gasteiger partial charge is 0.329 e. The summed E-state index contributed by atoms with van der Waals surface area (Å²) in [6.45, 7) is 6.44. The Bertz CT molecular complexity index is 1090. The van der Waals surface area contributed by atoms with Gasteiger partial charge in [0.05, 0.1) is 10.9 Å². The van der Waals surface area contributed by atoms with Gasteiger partial charge in [-0.25, -0.2) is 9.59 Å². The van der Waals surface area contributed by atoms with Crippen molar-refractivity contribution in [1.82, 2.24) is 20.2 Å². The summed E-state index contributed by atoms with van der Waals surface area (Å²) < 4.78 is 0.760. The Morgan fingerprint density at radius 3 is 2.29 bits per heavy atom. The summed E-state index contributed by atoms with van der Waals surface area (Å²) in [5.74, 6) is -2.85. The van der Waals surface area contributed by atoms with Crippen LogP contribution < -0.4 is 21.9 Å². The standard InChI is InChI=1S/C21H28N4O6/c1-11(2)9-15(18(27)24-17(12(3)4)20(29)30)22-16(26)10-25-19(28)13-7-5-6-8-14(13)23-21(25)31/h5-8,11-12,15,17H,9-10H2,1-4H3,(H,22,26)(H,23,31)(H,24,27)(H,29,30). The third kappa shape index (κ3) is 6.03. The number of carbonyl (C=O) groups is 3. The molecule has 0 saturated carbocycles. The van der Waals surface area contributed by atoms with Crippen molar-refractivity contribution in [2.24, 2.45) is 11.8 Å². The minimum Gasteiger partial charge on any atom is -0.480 e. The zero-order valence-corrected chi connectivity index (χ0v) is 18.0. The van der Waals surface area contributed by atoms with Gasteiger partial charge in [0.2, 0.25) is 11.8 Å². The average Bonchev–Trinajstić information content (AvgIpc) is 2.67. The monoisotopic (exact) mass is 432 g/mol. The first-order valence-electron chi connectivity index (χ1n) is 10.1. The van der Waals surface area contributed by atoms with Crippen LogP contribution in [-0.4, -0.2) is 44.5 Å². The lowest BCUT2D eigenvalue weighted by molar-refractivity contribution is -0.143. The van der Waals surface area contributed by atoms with Gasteiger partial charge in [0.25, 0.3) is 5.56 Å². The van der Waals surface area contributed by atoms with Gasteiger partial charge in [0.1, 0.15) is 18.6 Å². The van der Waals surface area contributed by atoms with E-state index in [-0.39, 0.29) is 23.6 Å². The highest BCUT2D eigenvalue weighted by molar-refractivity contribution is 5.90. The lowest BCUT2D eigenvalue weighted by atomic mass is 10.0. The number of carboxylic acid groups (broad SMARTS) is 1. The van der Waals surface area contributed by atoms with Crippen LogP contribution in [0.25, 0.3) is 10.9 Å². The topological polar surface area (TPSA) is 150 Å². The first kappa shape index (κ1) is 23.8. The third-order valence-corrected chi connectivity index (χ3v) is 4.78. The number of amides is 2. The number of aromatic nitrogens is 2. The van der Waals surface area contributed by atoms with Crippen LogP contribution in [-0.2, 0) is 20.9 Å². The molecule has 31 heavy (non-hydrogen) atoms. The molecule has 0 fully saturated rings. The van der Waals surface area contributed by atoms with E-state index in [0.29, 0.717) is 5.52 Å². The molecule has 0 radical (unpaired) electrons. The number of carbonyl (C=O) groups excluding carboxylic acids is 2. The molecule has 0 saturated heterocycles. The highest BCUT2D eigenvalue weighted by Gasteiger charge is 2.29. The van der Waals surface area contributed by atoms with Gasteiger partial charge in [-0.2, -0.15) is 0 Å². The number of fused-ring (bicyclic) bond motifs is 1. The number of benzene rings is 1. The van der Waals surface area contributed by atoms with E-state index < -0.39 is 47.7 Å². The number of hydrogen-bond donors (Lipinski definition) is 4. The molecule has 0 spiro atoms. The Hall–Kier alpha value is -3.43. The number of para-hydroxylation sites is 1. The van der Waals surface area contributed by atoms with Crippen LogP contribution >= 0.6 is 0 Å². The Balaban J connectivity index is 2.22. The highest BCUT2D eigenvalue weighted by atomic mass is 16.4. The molecule has 10 heteroatoms. The molecule has 1 heterocycles. The number of rotatable bonds is 9. The van der Waals surface area contributed by atoms with Gasteiger partial charge in [-0.05, 0) is 30.4 Å². The lowest BCUT2D eigenvalue weighted by Crippen LogP contribution is -2.54. The summed E-state index contributed by atoms with van der Waals surface area (Å²) in [5, 5.41) is 14.5. The van der Waals surface area contributed by atoms with Crippen LogP contribution in [0.5, 0.6) is 0 Å². The predicted octanol–water partition coefficient (Wildman–Crippen LogP) is 0.446. The summed E-state index contributed by atoms with van der Waals surface area (Å²) >= 11 is 0. The molecule has 0 aliphatic rings. The van der Waals surface area contributed by atoms with Crippen LogP contribution in [0.3, 0.4) is 0 Å². The van der Waals surface area contributed by atoms with E-state index in [0.717, 1.165) is 4.57 Å². The van der Waals surface area contributed by atoms with E-state index in [4.69, 9.17) is 0 Å². The number of nitrogens with one attached hydrogen (secondary N) is 3. The molecule has 0 aliphatic heterocycles. The minimum atomic E-state index is -1.17. The normalized spacial score (nSPS) is 13.2. The van der Waals surface area contributed by atoms with Crippen molar-refractivity contribution in [3.8, 4) is 0 Å². The van der Waals surface area contributed by atoms with Crippen molar-refractivity contribution < 1.29 is 19.5 Å². The second-order valence-corrected chi connectivity index (χ2v) is 8.19. The van der Waals surface area contributed by atoms with E-state index in [9.17, 15) is 29.1 Å². The summed E-state index contributed by atoms with van der Waals surface area (Å²) in [6, 6.07) is 4.32. The Kier molecular flexibility index (Phi) is 7.73. The Morgan fingerprint density at radius 2 is 1.71 bits per heavy atom. The molecule has 0 bridgehead atoms. The molecule has 168 valence electrons. The highest BCUT2D eigenvalue weighted by Crippen LogP contribution is 2.08. The number of H-pyrrole nitrogens is 1. The average molecular weight is 432 g/mol. The van der Waals surface area contributed by atoms with Crippen molar-refractivity contribution in [3.05, 3.63) is 45.1 Å². The summed E-state index contributed by atoms with van der Waals surface area (Å²) in [6.07, 6.45) is 0.255. The first-order valence-corrected chi connectivity index (χ1v) is 10.1. The van der Waals surface area contributed by atoms with Crippen molar-refractivity contribution in [2.75, 3.05) is 0 Å². The van der Waals surface area contributed by atoms with Gasteiger partial charge in [-0.1, -0.05) is 39.8 Å². The number of aliphatic carboxylic acids is 1. The van der Waals surface area contributed by atoms with E-state index in [2.05, 4.69) is 15.6 Å². The molecule has 2 unspecified atom stereocenters. The van der Waals surface area contributed by atoms with Crippen LogP contribution in [0.4, 0.5) is 0 Å². The predicted molar refractivity (Wildman–Crippen MR) is 115 cm³/mol. The van der Waals surface area contributed by atoms with Gasteiger partial charge < -0.3 is 20.7 Å². The maximum absolute atomic E-state index is 12.7. The fourth-order valence-electron chi connectivity index (χ4n) is 3.20. The maximum Gasteiger partial charge on any atom is 0.329 e. The largest absolute Gasteiger partial charge is 0.480 e. The fourth-order valence-corrected chi connectivity index (χ4v) is 3.20. The van der Waals surface area contributed by atoms with Crippen LogP contribution in [0.2, 0.25) is 0 Å². The number of hydrogen-bond acceptors (Lipinski definition) is 5. The summed E-state index contributed by atoms with van der Waals surface area (Å²) in [5.41, 5.74) is -1.00. The summed E-state index contributed by atoms with van der Waals surface area (Å²) in [7, 11) is 0. The van der Waals surface area contributed by atoms with E-state index in [1.54, 1.807) is 32.0 Å². The minimum absolute atomic E-state index is 0.0187. The number of carboxylic acids is 1. The van der Waals surface area contributed by atoms with Gasteiger partial charge in [0, 0.05) is 0 Å². The van der Waals surface area contributed by atoms with Gasteiger partial charge in [-0.15, -0.1) is 0 Å². The molecule has 2 amide bonds. The van der Waals surface area contributed by atoms with E-state index in [1.807, 2.05) is 13.8 Å². The molecule has 2 aromatic rings. The van der Waals surface area contributed by atoms with Crippen molar-refractivity contribution in [2.45, 2.75) is 52.7 Å². The summed E-state index contributed by atoms with van der Waals surface area (Å²) in [4.78, 5) is 64.0. The van der Waals surface area contributed by atoms with Crippen molar-refractivity contribution in [1.29, 1.82) is 0 Å². The van der Waals surface area contributed by atoms with Crippen molar-refractivity contribution in [3.63, 3.8) is 0 Å². The third-order valence-electron chi connectivity index (χ3n) is 4.78. The Morgan fingerprint density at radius 1 is 1.06 bits per heavy atom. The zero-order valence-electron chi connectivity index (χ0n) is 18.0. The first-order chi connectivity index (χ1) is 14.5.